The summed E-state index contributed by atoms with van der Waals surface area (Å²) in [5.41, 5.74) is 6.17. The number of ether oxygens (including phenoxy) is 1. The molecule has 31 heavy (non-hydrogen) atoms. The SMILES string of the molecule is Cc1cc2c(cn1)cc(-c1cc(Nc3cc([C@H]4CCCO4)[nH]n3)ccc1C)c(=O)n2C. The topological polar surface area (TPSA) is 84.8 Å². The number of anilines is 2. The van der Waals surface area contributed by atoms with Gasteiger partial charge in [-0.1, -0.05) is 6.07 Å². The first kappa shape index (κ1) is 19.5. The first-order chi connectivity index (χ1) is 15.0. The number of aromatic amines is 1. The van der Waals surface area contributed by atoms with Crippen LogP contribution in [0.1, 0.15) is 35.9 Å². The minimum atomic E-state index is -0.0289. The molecule has 7 nitrogen and oxygen atoms in total. The fourth-order valence-electron chi connectivity index (χ4n) is 4.18. The van der Waals surface area contributed by atoms with Crippen molar-refractivity contribution in [3.8, 4) is 11.1 Å². The van der Waals surface area contributed by atoms with Crippen molar-refractivity contribution in [2.45, 2.75) is 32.8 Å². The molecule has 1 aliphatic heterocycles. The second-order valence-corrected chi connectivity index (χ2v) is 8.17. The maximum Gasteiger partial charge on any atom is 0.258 e. The van der Waals surface area contributed by atoms with Crippen molar-refractivity contribution >= 4 is 22.4 Å². The molecule has 4 heterocycles. The van der Waals surface area contributed by atoms with Gasteiger partial charge in [0.25, 0.3) is 5.56 Å². The molecule has 0 saturated carbocycles. The number of nitrogens with zero attached hydrogens (tertiary/aromatic N) is 3. The van der Waals surface area contributed by atoms with Crippen molar-refractivity contribution in [1.29, 1.82) is 0 Å². The number of pyridine rings is 2. The van der Waals surface area contributed by atoms with Crippen molar-refractivity contribution in [2.75, 3.05) is 11.9 Å². The molecule has 7 heteroatoms. The van der Waals surface area contributed by atoms with E-state index in [-0.39, 0.29) is 11.7 Å². The van der Waals surface area contributed by atoms with Gasteiger partial charge in [0, 0.05) is 48.2 Å². The number of hydrogen-bond acceptors (Lipinski definition) is 5. The Balaban J connectivity index is 1.51. The lowest BCUT2D eigenvalue weighted by Gasteiger charge is -2.13. The smallest absolute Gasteiger partial charge is 0.258 e. The van der Waals surface area contributed by atoms with E-state index in [0.717, 1.165) is 64.4 Å². The lowest BCUT2D eigenvalue weighted by Crippen LogP contribution is -2.19. The molecule has 0 bridgehead atoms. The molecule has 1 aliphatic rings. The molecule has 3 aromatic heterocycles. The van der Waals surface area contributed by atoms with E-state index >= 15 is 0 Å². The monoisotopic (exact) mass is 415 g/mol. The van der Waals surface area contributed by atoms with E-state index in [9.17, 15) is 4.79 Å². The molecule has 0 amide bonds. The minimum absolute atomic E-state index is 0.0289. The molecule has 5 rings (SSSR count). The van der Waals surface area contributed by atoms with Gasteiger partial charge in [0.05, 0.1) is 17.3 Å². The van der Waals surface area contributed by atoms with Crippen LogP contribution in [0, 0.1) is 13.8 Å². The van der Waals surface area contributed by atoms with Crippen LogP contribution in [0.15, 0.2) is 47.4 Å². The van der Waals surface area contributed by atoms with Gasteiger partial charge in [0.2, 0.25) is 0 Å². The van der Waals surface area contributed by atoms with Crippen molar-refractivity contribution in [2.24, 2.45) is 7.05 Å². The molecule has 4 aromatic rings. The van der Waals surface area contributed by atoms with E-state index in [1.54, 1.807) is 11.6 Å². The largest absolute Gasteiger partial charge is 0.372 e. The average molecular weight is 415 g/mol. The minimum Gasteiger partial charge on any atom is -0.372 e. The Labute approximate surface area is 180 Å². The van der Waals surface area contributed by atoms with Gasteiger partial charge in [-0.05, 0) is 62.1 Å². The molecule has 0 spiro atoms. The van der Waals surface area contributed by atoms with Crippen LogP contribution >= 0.6 is 0 Å². The lowest BCUT2D eigenvalue weighted by atomic mass is 9.99. The summed E-state index contributed by atoms with van der Waals surface area (Å²) in [6.45, 7) is 4.74. The maximum atomic E-state index is 13.2. The van der Waals surface area contributed by atoms with Crippen LogP contribution in [0.2, 0.25) is 0 Å². The third-order valence-corrected chi connectivity index (χ3v) is 5.92. The molecule has 1 aromatic carbocycles. The highest BCUT2D eigenvalue weighted by Crippen LogP contribution is 2.31. The first-order valence-corrected chi connectivity index (χ1v) is 10.5. The third-order valence-electron chi connectivity index (χ3n) is 5.92. The third kappa shape index (κ3) is 3.61. The van der Waals surface area contributed by atoms with Gasteiger partial charge in [-0.15, -0.1) is 0 Å². The van der Waals surface area contributed by atoms with Crippen LogP contribution in [0.5, 0.6) is 0 Å². The summed E-state index contributed by atoms with van der Waals surface area (Å²) in [6, 6.07) is 11.9. The molecule has 0 radical (unpaired) electrons. The number of benzene rings is 1. The standard InChI is InChI=1S/C24H25N5O2/c1-14-6-7-17(26-23-12-20(27-28-23)22-5-4-8-31-22)11-18(14)19-10-16-13-25-15(2)9-21(16)29(3)24(19)30/h6-7,9-13,22H,4-5,8H2,1-3H3,(H2,26,27,28)/t22-/m1/s1. The number of hydrogen-bond donors (Lipinski definition) is 2. The molecule has 0 aliphatic carbocycles. The van der Waals surface area contributed by atoms with Crippen molar-refractivity contribution in [3.63, 3.8) is 0 Å². The summed E-state index contributed by atoms with van der Waals surface area (Å²) in [7, 11) is 1.81. The van der Waals surface area contributed by atoms with E-state index in [0.29, 0.717) is 5.56 Å². The number of rotatable bonds is 4. The molecule has 1 atom stereocenters. The molecule has 2 N–H and O–H groups in total. The predicted molar refractivity (Wildman–Crippen MR) is 122 cm³/mol. The highest BCUT2D eigenvalue weighted by molar-refractivity contribution is 5.85. The van der Waals surface area contributed by atoms with Gasteiger partial charge >= 0.3 is 0 Å². The number of aryl methyl sites for hydroxylation is 3. The Hall–Kier alpha value is -3.45. The van der Waals surface area contributed by atoms with Gasteiger partial charge < -0.3 is 14.6 Å². The number of H-pyrrole nitrogens is 1. The summed E-state index contributed by atoms with van der Waals surface area (Å²) < 4.78 is 7.42. The Kier molecular flexibility index (Phi) is 4.82. The Morgan fingerprint density at radius 1 is 1.16 bits per heavy atom. The summed E-state index contributed by atoms with van der Waals surface area (Å²) in [6.07, 6.45) is 4.00. The highest BCUT2D eigenvalue weighted by Gasteiger charge is 2.20. The second-order valence-electron chi connectivity index (χ2n) is 8.17. The van der Waals surface area contributed by atoms with Gasteiger partial charge in [-0.2, -0.15) is 5.10 Å². The van der Waals surface area contributed by atoms with Crippen LogP contribution in [0.4, 0.5) is 11.5 Å². The van der Waals surface area contributed by atoms with E-state index < -0.39 is 0 Å². The van der Waals surface area contributed by atoms with Crippen LogP contribution in [0.3, 0.4) is 0 Å². The lowest BCUT2D eigenvalue weighted by molar-refractivity contribution is 0.108. The van der Waals surface area contributed by atoms with Gasteiger partial charge in [0.1, 0.15) is 0 Å². The summed E-state index contributed by atoms with van der Waals surface area (Å²) in [4.78, 5) is 17.6. The van der Waals surface area contributed by atoms with Crippen LogP contribution < -0.4 is 10.9 Å². The number of nitrogens with one attached hydrogen (secondary N) is 2. The average Bonchev–Trinajstić information content (AvgIpc) is 3.45. The van der Waals surface area contributed by atoms with Gasteiger partial charge in [-0.3, -0.25) is 14.9 Å². The molecule has 0 unspecified atom stereocenters. The molecule has 158 valence electrons. The van der Waals surface area contributed by atoms with Crippen LogP contribution in [-0.2, 0) is 11.8 Å². The first-order valence-electron chi connectivity index (χ1n) is 10.5. The van der Waals surface area contributed by atoms with E-state index in [4.69, 9.17) is 4.74 Å². The highest BCUT2D eigenvalue weighted by atomic mass is 16.5. The Morgan fingerprint density at radius 3 is 2.84 bits per heavy atom. The summed E-state index contributed by atoms with van der Waals surface area (Å²) >= 11 is 0. The summed E-state index contributed by atoms with van der Waals surface area (Å²) in [5.74, 6) is 0.728. The molecule has 1 fully saturated rings. The fraction of sp³-hybridized carbons (Fsp3) is 0.292. The zero-order valence-electron chi connectivity index (χ0n) is 17.9. The number of fused-ring (bicyclic) bond motifs is 1. The van der Waals surface area contributed by atoms with E-state index in [2.05, 4.69) is 20.5 Å². The fourth-order valence-corrected chi connectivity index (χ4v) is 4.18. The molecular formula is C24H25N5O2. The van der Waals surface area contributed by atoms with Gasteiger partial charge in [0.15, 0.2) is 5.82 Å². The Morgan fingerprint density at radius 2 is 2.03 bits per heavy atom. The molecule has 1 saturated heterocycles. The zero-order chi connectivity index (χ0) is 21.5. The second kappa shape index (κ2) is 7.67. The molecular weight excluding hydrogens is 390 g/mol. The van der Waals surface area contributed by atoms with Crippen molar-refractivity contribution in [3.05, 3.63) is 69.9 Å². The Bertz CT molecular complexity index is 1330. The van der Waals surface area contributed by atoms with Crippen molar-refractivity contribution in [1.82, 2.24) is 19.7 Å². The normalized spacial score (nSPS) is 16.2. The van der Waals surface area contributed by atoms with Crippen LogP contribution in [0.25, 0.3) is 22.0 Å². The summed E-state index contributed by atoms with van der Waals surface area (Å²) in [5, 5.41) is 11.7. The van der Waals surface area contributed by atoms with Crippen LogP contribution in [-0.4, -0.2) is 26.4 Å². The quantitative estimate of drug-likeness (QED) is 0.511. The van der Waals surface area contributed by atoms with E-state index in [1.807, 2.05) is 56.4 Å². The number of aromatic nitrogens is 4. The maximum absolute atomic E-state index is 13.2. The van der Waals surface area contributed by atoms with Gasteiger partial charge in [-0.25, -0.2) is 0 Å². The van der Waals surface area contributed by atoms with E-state index in [1.165, 1.54) is 0 Å². The van der Waals surface area contributed by atoms with Crippen molar-refractivity contribution < 1.29 is 4.74 Å². The predicted octanol–water partition coefficient (Wildman–Crippen LogP) is 4.54. The zero-order valence-corrected chi connectivity index (χ0v) is 17.9.